The van der Waals surface area contributed by atoms with Gasteiger partial charge in [-0.15, -0.1) is 0 Å². The Balaban J connectivity index is 1.44. The minimum atomic E-state index is -0.166. The number of nitrogens with one attached hydrogen (secondary N) is 2. The number of rotatable bonds is 2. The predicted octanol–water partition coefficient (Wildman–Crippen LogP) is 4.00. The van der Waals surface area contributed by atoms with Gasteiger partial charge in [-0.3, -0.25) is 9.78 Å². The van der Waals surface area contributed by atoms with Gasteiger partial charge in [0.1, 0.15) is 0 Å². The molecule has 6 nitrogen and oxygen atoms in total. The Morgan fingerprint density at radius 2 is 1.96 bits per heavy atom. The van der Waals surface area contributed by atoms with Crippen molar-refractivity contribution in [3.63, 3.8) is 0 Å². The number of nitrogens with zero attached hydrogens (tertiary/aromatic N) is 3. The van der Waals surface area contributed by atoms with Gasteiger partial charge in [-0.05, 0) is 53.7 Å². The number of carbonyl (C=O) groups is 1. The quantitative estimate of drug-likeness (QED) is 0.522. The largest absolute Gasteiger partial charge is 0.322 e. The fourth-order valence-electron chi connectivity index (χ4n) is 2.90. The highest BCUT2D eigenvalue weighted by Gasteiger charge is 2.24. The van der Waals surface area contributed by atoms with E-state index >= 15 is 0 Å². The standard InChI is InChI=1S/C20H13N5OS/c26-18-17(11-12-7-8-14-13(10-12)4-3-9-21-14)27-20(24-18)25-19-22-15-5-1-2-6-16(15)23-19/h1-11H,(H2,22,23,24,25,26)/b17-11-. The Morgan fingerprint density at radius 1 is 1.04 bits per heavy atom. The Morgan fingerprint density at radius 3 is 2.89 bits per heavy atom. The lowest BCUT2D eigenvalue weighted by molar-refractivity contribution is -0.115. The molecule has 0 radical (unpaired) electrons. The molecule has 1 aliphatic heterocycles. The third-order valence-corrected chi connectivity index (χ3v) is 5.07. The van der Waals surface area contributed by atoms with Crippen molar-refractivity contribution in [3.05, 3.63) is 71.3 Å². The van der Waals surface area contributed by atoms with Crippen molar-refractivity contribution in [2.45, 2.75) is 0 Å². The van der Waals surface area contributed by atoms with E-state index in [9.17, 15) is 4.79 Å². The van der Waals surface area contributed by atoms with Crippen molar-refractivity contribution < 1.29 is 4.79 Å². The van der Waals surface area contributed by atoms with Gasteiger partial charge >= 0.3 is 0 Å². The molecule has 1 amide bonds. The van der Waals surface area contributed by atoms with Crippen LogP contribution in [0.4, 0.5) is 5.95 Å². The summed E-state index contributed by atoms with van der Waals surface area (Å²) in [5.74, 6) is 0.304. The number of amides is 1. The zero-order valence-corrected chi connectivity index (χ0v) is 14.8. The van der Waals surface area contributed by atoms with Gasteiger partial charge in [-0.2, -0.15) is 4.99 Å². The second-order valence-corrected chi connectivity index (χ2v) is 7.05. The van der Waals surface area contributed by atoms with Crippen molar-refractivity contribution in [2.24, 2.45) is 4.99 Å². The molecule has 2 N–H and O–H groups in total. The summed E-state index contributed by atoms with van der Waals surface area (Å²) in [7, 11) is 0. The van der Waals surface area contributed by atoms with Gasteiger partial charge in [-0.1, -0.05) is 24.3 Å². The predicted molar refractivity (Wildman–Crippen MR) is 109 cm³/mol. The second kappa shape index (κ2) is 6.37. The Labute approximate surface area is 158 Å². The number of fused-ring (bicyclic) bond motifs is 2. The van der Waals surface area contributed by atoms with Gasteiger partial charge in [0, 0.05) is 11.6 Å². The van der Waals surface area contributed by atoms with Crippen LogP contribution >= 0.6 is 11.8 Å². The van der Waals surface area contributed by atoms with Crippen LogP contribution in [0.5, 0.6) is 0 Å². The minimum absolute atomic E-state index is 0.166. The number of carbonyl (C=O) groups excluding carboxylic acids is 1. The molecule has 1 fully saturated rings. The van der Waals surface area contributed by atoms with Gasteiger partial charge in [0.2, 0.25) is 5.95 Å². The molecule has 1 saturated heterocycles. The number of H-pyrrole nitrogens is 1. The lowest BCUT2D eigenvalue weighted by Gasteiger charge is -1.99. The molecule has 2 aromatic heterocycles. The molecular formula is C20H13N5OS. The minimum Gasteiger partial charge on any atom is -0.322 e. The first-order chi connectivity index (χ1) is 13.2. The summed E-state index contributed by atoms with van der Waals surface area (Å²) in [6.07, 6.45) is 3.62. The average Bonchev–Trinajstić information content (AvgIpc) is 3.24. The number of aromatic amines is 1. The number of aliphatic imine (C=N–C) groups is 1. The Bertz CT molecular complexity index is 1220. The van der Waals surface area contributed by atoms with E-state index in [4.69, 9.17) is 0 Å². The fraction of sp³-hybridized carbons (Fsp3) is 0. The van der Waals surface area contributed by atoms with Crippen LogP contribution < -0.4 is 5.32 Å². The molecule has 3 heterocycles. The number of aromatic nitrogens is 3. The topological polar surface area (TPSA) is 83.0 Å². The summed E-state index contributed by atoms with van der Waals surface area (Å²) < 4.78 is 0. The van der Waals surface area contributed by atoms with E-state index in [1.165, 1.54) is 11.8 Å². The molecule has 130 valence electrons. The van der Waals surface area contributed by atoms with Crippen LogP contribution in [-0.4, -0.2) is 26.0 Å². The highest BCUT2D eigenvalue weighted by Crippen LogP contribution is 2.28. The highest BCUT2D eigenvalue weighted by molar-refractivity contribution is 8.18. The van der Waals surface area contributed by atoms with Crippen LogP contribution in [0.3, 0.4) is 0 Å². The summed E-state index contributed by atoms with van der Waals surface area (Å²) >= 11 is 1.30. The maximum Gasteiger partial charge on any atom is 0.264 e. The number of thioether (sulfide) groups is 1. The van der Waals surface area contributed by atoms with Crippen LogP contribution in [0.15, 0.2) is 70.7 Å². The zero-order valence-electron chi connectivity index (χ0n) is 14.0. The molecule has 2 aromatic carbocycles. The van der Waals surface area contributed by atoms with Gasteiger partial charge in [0.15, 0.2) is 5.17 Å². The SMILES string of the molecule is O=C1NC(=Nc2nc3ccccc3[nH]2)S/C1=C\c1ccc2ncccc2c1. The molecule has 0 bridgehead atoms. The van der Waals surface area contributed by atoms with E-state index in [1.54, 1.807) is 6.20 Å². The van der Waals surface area contributed by atoms with E-state index < -0.39 is 0 Å². The number of pyridine rings is 1. The molecular weight excluding hydrogens is 358 g/mol. The number of hydrogen-bond acceptors (Lipinski definition) is 5. The molecule has 4 aromatic rings. The summed E-state index contributed by atoms with van der Waals surface area (Å²) in [6, 6.07) is 17.5. The van der Waals surface area contributed by atoms with E-state index in [-0.39, 0.29) is 5.91 Å². The van der Waals surface area contributed by atoms with Crippen LogP contribution in [0.25, 0.3) is 28.0 Å². The first-order valence-electron chi connectivity index (χ1n) is 8.34. The van der Waals surface area contributed by atoms with Crippen molar-refractivity contribution in [1.29, 1.82) is 0 Å². The first-order valence-corrected chi connectivity index (χ1v) is 9.15. The molecule has 0 aliphatic carbocycles. The lowest BCUT2D eigenvalue weighted by Crippen LogP contribution is -2.19. The lowest BCUT2D eigenvalue weighted by atomic mass is 10.1. The molecule has 0 atom stereocenters. The normalized spacial score (nSPS) is 17.3. The molecule has 0 unspecified atom stereocenters. The smallest absolute Gasteiger partial charge is 0.264 e. The fourth-order valence-corrected chi connectivity index (χ4v) is 3.73. The third-order valence-electron chi connectivity index (χ3n) is 4.16. The zero-order chi connectivity index (χ0) is 18.2. The number of hydrogen-bond donors (Lipinski definition) is 2. The molecule has 0 saturated carbocycles. The maximum absolute atomic E-state index is 12.3. The Kier molecular flexibility index (Phi) is 3.72. The molecule has 0 spiro atoms. The second-order valence-electron chi connectivity index (χ2n) is 6.01. The summed E-state index contributed by atoms with van der Waals surface area (Å²) in [5, 5.41) is 4.33. The average molecular weight is 371 g/mol. The van der Waals surface area contributed by atoms with E-state index in [2.05, 4.69) is 25.3 Å². The van der Waals surface area contributed by atoms with E-state index in [0.717, 1.165) is 27.5 Å². The van der Waals surface area contributed by atoms with Crippen LogP contribution in [0, 0.1) is 0 Å². The van der Waals surface area contributed by atoms with Gasteiger partial charge in [0.05, 0.1) is 21.5 Å². The summed E-state index contributed by atoms with van der Waals surface area (Å²) in [4.78, 5) is 29.2. The van der Waals surface area contributed by atoms with E-state index in [0.29, 0.717) is 16.0 Å². The van der Waals surface area contributed by atoms with E-state index in [1.807, 2.05) is 60.7 Å². The highest BCUT2D eigenvalue weighted by atomic mass is 32.2. The molecule has 1 aliphatic rings. The first kappa shape index (κ1) is 15.8. The van der Waals surface area contributed by atoms with Crippen molar-refractivity contribution >= 4 is 56.8 Å². The van der Waals surface area contributed by atoms with Gasteiger partial charge in [-0.25, -0.2) is 4.98 Å². The van der Waals surface area contributed by atoms with Gasteiger partial charge in [0.25, 0.3) is 5.91 Å². The molecule has 27 heavy (non-hydrogen) atoms. The molecule has 5 rings (SSSR count). The number of amidine groups is 1. The van der Waals surface area contributed by atoms with Crippen LogP contribution in [-0.2, 0) is 4.79 Å². The molecule has 7 heteroatoms. The maximum atomic E-state index is 12.3. The number of imidazole rings is 1. The van der Waals surface area contributed by atoms with Crippen LogP contribution in [0.1, 0.15) is 5.56 Å². The summed E-state index contributed by atoms with van der Waals surface area (Å²) in [6.45, 7) is 0. The number of benzene rings is 2. The number of para-hydroxylation sites is 2. The van der Waals surface area contributed by atoms with Crippen molar-refractivity contribution in [1.82, 2.24) is 20.3 Å². The third kappa shape index (κ3) is 3.09. The Hall–Kier alpha value is -3.45. The summed E-state index contributed by atoms with van der Waals surface area (Å²) in [5.41, 5.74) is 3.62. The van der Waals surface area contributed by atoms with Crippen molar-refractivity contribution in [3.8, 4) is 0 Å². The van der Waals surface area contributed by atoms with Crippen LogP contribution in [0.2, 0.25) is 0 Å². The van der Waals surface area contributed by atoms with Gasteiger partial charge < -0.3 is 10.3 Å². The van der Waals surface area contributed by atoms with Crippen molar-refractivity contribution in [2.75, 3.05) is 0 Å². The monoisotopic (exact) mass is 371 g/mol.